The van der Waals surface area contributed by atoms with Crippen molar-refractivity contribution < 1.29 is 23.2 Å². The van der Waals surface area contributed by atoms with Crippen LogP contribution in [-0.2, 0) is 9.53 Å². The van der Waals surface area contributed by atoms with Crippen LogP contribution in [0.1, 0.15) is 56.4 Å². The average molecular weight is 467 g/mol. The molecule has 178 valence electrons. The van der Waals surface area contributed by atoms with Gasteiger partial charge >= 0.3 is 6.09 Å². The molecule has 2 amide bonds. The Morgan fingerprint density at radius 1 is 1.12 bits per heavy atom. The molecule has 8 nitrogen and oxygen atoms in total. The van der Waals surface area contributed by atoms with Crippen molar-refractivity contribution in [2.45, 2.75) is 52.1 Å². The summed E-state index contributed by atoms with van der Waals surface area (Å²) in [5.74, 6) is -0.152. The lowest BCUT2D eigenvalue weighted by Gasteiger charge is -2.20. The van der Waals surface area contributed by atoms with Crippen LogP contribution in [0.2, 0.25) is 0 Å². The molecule has 1 atom stereocenters. The van der Waals surface area contributed by atoms with Crippen LogP contribution in [-0.4, -0.2) is 22.1 Å². The normalized spacial score (nSPS) is 14.9. The standard InChI is InChI=1S/C25H27FN4O4/c1-15-22(29-25(32)33-16(2)19-10-6-7-11-20(19)26)23(34-30-15)21-13-12-18(14-27-21)28-24(31)17-8-4-3-5-9-17/h6-7,10-14,16-17H,3-5,8-9H2,1-2H3,(H,28,31)(H,29,32)/t16-/m0/s1. The number of pyridine rings is 1. The summed E-state index contributed by atoms with van der Waals surface area (Å²) < 4.78 is 24.7. The van der Waals surface area contributed by atoms with Gasteiger partial charge in [-0.05, 0) is 44.9 Å². The summed E-state index contributed by atoms with van der Waals surface area (Å²) in [4.78, 5) is 29.3. The van der Waals surface area contributed by atoms with Crippen molar-refractivity contribution in [3.05, 3.63) is 59.7 Å². The van der Waals surface area contributed by atoms with E-state index in [1.54, 1.807) is 44.2 Å². The van der Waals surface area contributed by atoms with Crippen LogP contribution in [0.25, 0.3) is 11.5 Å². The SMILES string of the molecule is Cc1noc(-c2ccc(NC(=O)C3CCCCC3)cn2)c1NC(=O)O[C@@H](C)c1ccccc1F. The summed E-state index contributed by atoms with van der Waals surface area (Å²) >= 11 is 0. The van der Waals surface area contributed by atoms with E-state index in [0.717, 1.165) is 25.7 Å². The Morgan fingerprint density at radius 2 is 1.88 bits per heavy atom. The summed E-state index contributed by atoms with van der Waals surface area (Å²) in [6, 6.07) is 9.51. The molecule has 0 aliphatic heterocycles. The highest BCUT2D eigenvalue weighted by Gasteiger charge is 2.23. The number of benzene rings is 1. The van der Waals surface area contributed by atoms with Crippen molar-refractivity contribution in [2.24, 2.45) is 5.92 Å². The van der Waals surface area contributed by atoms with E-state index in [1.807, 2.05) is 0 Å². The van der Waals surface area contributed by atoms with Crippen LogP contribution in [0.5, 0.6) is 0 Å². The lowest BCUT2D eigenvalue weighted by molar-refractivity contribution is -0.120. The molecule has 0 bridgehead atoms. The first kappa shape index (κ1) is 23.4. The van der Waals surface area contributed by atoms with Crippen LogP contribution in [0.4, 0.5) is 20.6 Å². The number of rotatable bonds is 6. The first-order valence-electron chi connectivity index (χ1n) is 11.4. The molecule has 0 radical (unpaired) electrons. The third kappa shape index (κ3) is 5.41. The van der Waals surface area contributed by atoms with E-state index >= 15 is 0 Å². The van der Waals surface area contributed by atoms with Gasteiger partial charge in [0, 0.05) is 11.5 Å². The molecule has 4 rings (SSSR count). The molecule has 2 N–H and O–H groups in total. The van der Waals surface area contributed by atoms with Gasteiger partial charge in [0.2, 0.25) is 11.7 Å². The van der Waals surface area contributed by atoms with E-state index in [2.05, 4.69) is 20.8 Å². The molecular weight excluding hydrogens is 439 g/mol. The minimum Gasteiger partial charge on any atom is -0.441 e. The summed E-state index contributed by atoms with van der Waals surface area (Å²) in [7, 11) is 0. The smallest absolute Gasteiger partial charge is 0.412 e. The molecule has 0 saturated heterocycles. The number of anilines is 2. The number of halogens is 1. The van der Waals surface area contributed by atoms with E-state index in [-0.39, 0.29) is 23.1 Å². The zero-order valence-electron chi connectivity index (χ0n) is 19.1. The van der Waals surface area contributed by atoms with E-state index in [9.17, 15) is 14.0 Å². The Hall–Kier alpha value is -3.75. The number of nitrogens with one attached hydrogen (secondary N) is 2. The molecule has 1 saturated carbocycles. The maximum absolute atomic E-state index is 14.0. The number of amides is 2. The van der Waals surface area contributed by atoms with Crippen LogP contribution in [0.3, 0.4) is 0 Å². The highest BCUT2D eigenvalue weighted by Crippen LogP contribution is 2.31. The zero-order chi connectivity index (χ0) is 24.1. The molecular formula is C25H27FN4O4. The fraction of sp³-hybridized carbons (Fsp3) is 0.360. The van der Waals surface area contributed by atoms with Crippen molar-refractivity contribution >= 4 is 23.4 Å². The second kappa shape index (κ2) is 10.5. The first-order chi connectivity index (χ1) is 16.4. The van der Waals surface area contributed by atoms with E-state index in [0.29, 0.717) is 22.8 Å². The van der Waals surface area contributed by atoms with Gasteiger partial charge in [-0.15, -0.1) is 0 Å². The van der Waals surface area contributed by atoms with Gasteiger partial charge in [0.05, 0.1) is 11.9 Å². The molecule has 0 spiro atoms. The zero-order valence-corrected chi connectivity index (χ0v) is 19.1. The minimum absolute atomic E-state index is 0.0128. The number of hydrogen-bond donors (Lipinski definition) is 2. The van der Waals surface area contributed by atoms with Crippen LogP contribution >= 0.6 is 0 Å². The Labute approximate surface area is 196 Å². The van der Waals surface area contributed by atoms with Gasteiger partial charge < -0.3 is 14.6 Å². The van der Waals surface area contributed by atoms with Gasteiger partial charge in [0.15, 0.2) is 0 Å². The van der Waals surface area contributed by atoms with Crippen molar-refractivity contribution in [2.75, 3.05) is 10.6 Å². The van der Waals surface area contributed by atoms with Gasteiger partial charge in [-0.3, -0.25) is 15.1 Å². The third-order valence-electron chi connectivity index (χ3n) is 5.96. The minimum atomic E-state index is -0.796. The largest absolute Gasteiger partial charge is 0.441 e. The van der Waals surface area contributed by atoms with Crippen LogP contribution < -0.4 is 10.6 Å². The summed E-state index contributed by atoms with van der Waals surface area (Å²) in [5.41, 5.74) is 2.02. The lowest BCUT2D eigenvalue weighted by Crippen LogP contribution is -2.24. The summed E-state index contributed by atoms with van der Waals surface area (Å²) in [6.07, 6.45) is 5.13. The Bertz CT molecular complexity index is 1160. The van der Waals surface area contributed by atoms with E-state index in [4.69, 9.17) is 9.26 Å². The molecule has 1 aromatic carbocycles. The maximum Gasteiger partial charge on any atom is 0.412 e. The van der Waals surface area contributed by atoms with Crippen molar-refractivity contribution in [3.8, 4) is 11.5 Å². The number of nitrogens with zero attached hydrogens (tertiary/aromatic N) is 2. The van der Waals surface area contributed by atoms with Gasteiger partial charge in [-0.1, -0.05) is 42.6 Å². The Balaban J connectivity index is 1.42. The lowest BCUT2D eigenvalue weighted by atomic mass is 9.88. The molecule has 2 heterocycles. The Morgan fingerprint density at radius 3 is 2.59 bits per heavy atom. The fourth-order valence-corrected chi connectivity index (χ4v) is 4.06. The topological polar surface area (TPSA) is 106 Å². The number of ether oxygens (including phenoxy) is 1. The maximum atomic E-state index is 14.0. The third-order valence-corrected chi connectivity index (χ3v) is 5.96. The van der Waals surface area contributed by atoms with Gasteiger partial charge in [0.25, 0.3) is 0 Å². The number of aromatic nitrogens is 2. The summed E-state index contributed by atoms with van der Waals surface area (Å²) in [5, 5.41) is 9.45. The average Bonchev–Trinajstić information content (AvgIpc) is 3.20. The number of hydrogen-bond acceptors (Lipinski definition) is 6. The van der Waals surface area contributed by atoms with Crippen LogP contribution in [0.15, 0.2) is 47.1 Å². The monoisotopic (exact) mass is 466 g/mol. The highest BCUT2D eigenvalue weighted by atomic mass is 19.1. The van der Waals surface area contributed by atoms with E-state index < -0.39 is 18.0 Å². The molecule has 2 aromatic heterocycles. The number of carbonyl (C=O) groups is 2. The molecule has 1 fully saturated rings. The van der Waals surface area contributed by atoms with Gasteiger partial charge in [0.1, 0.15) is 29.0 Å². The number of carbonyl (C=O) groups excluding carboxylic acids is 2. The van der Waals surface area contributed by atoms with Crippen molar-refractivity contribution in [1.29, 1.82) is 0 Å². The molecule has 9 heteroatoms. The van der Waals surface area contributed by atoms with E-state index in [1.165, 1.54) is 18.7 Å². The summed E-state index contributed by atoms with van der Waals surface area (Å²) in [6.45, 7) is 3.25. The predicted molar refractivity (Wildman–Crippen MR) is 125 cm³/mol. The second-order valence-electron chi connectivity index (χ2n) is 8.42. The molecule has 1 aliphatic carbocycles. The molecule has 0 unspecified atom stereocenters. The quantitative estimate of drug-likeness (QED) is 0.461. The predicted octanol–water partition coefficient (Wildman–Crippen LogP) is 6.01. The molecule has 3 aromatic rings. The van der Waals surface area contributed by atoms with Gasteiger partial charge in [-0.2, -0.15) is 0 Å². The van der Waals surface area contributed by atoms with Gasteiger partial charge in [-0.25, -0.2) is 9.18 Å². The van der Waals surface area contributed by atoms with Crippen molar-refractivity contribution in [1.82, 2.24) is 10.1 Å². The molecule has 34 heavy (non-hydrogen) atoms. The van der Waals surface area contributed by atoms with Crippen molar-refractivity contribution in [3.63, 3.8) is 0 Å². The van der Waals surface area contributed by atoms with Crippen LogP contribution in [0, 0.1) is 18.7 Å². The Kier molecular flexibility index (Phi) is 7.20. The highest BCUT2D eigenvalue weighted by molar-refractivity contribution is 5.93. The fourth-order valence-electron chi connectivity index (χ4n) is 4.06. The number of aryl methyl sites for hydroxylation is 1. The first-order valence-corrected chi connectivity index (χ1v) is 11.4. The second-order valence-corrected chi connectivity index (χ2v) is 8.42. The molecule has 1 aliphatic rings.